The fourth-order valence-corrected chi connectivity index (χ4v) is 8.57. The molecule has 3 atom stereocenters. The van der Waals surface area contributed by atoms with Crippen LogP contribution in [0.3, 0.4) is 0 Å². The summed E-state index contributed by atoms with van der Waals surface area (Å²) in [6.07, 6.45) is -6.25. The number of aryl methyl sites for hydroxylation is 1. The zero-order valence-electron chi connectivity index (χ0n) is 39.4. The van der Waals surface area contributed by atoms with Crippen molar-refractivity contribution in [1.82, 2.24) is 25.8 Å². The third-order valence-electron chi connectivity index (χ3n) is 11.6. The summed E-state index contributed by atoms with van der Waals surface area (Å²) in [5.74, 6) is -1.83. The lowest BCUT2D eigenvalue weighted by molar-refractivity contribution is -0.144. The van der Waals surface area contributed by atoms with Crippen LogP contribution in [-0.4, -0.2) is 77.0 Å². The van der Waals surface area contributed by atoms with E-state index in [1.165, 1.54) is 36.3 Å². The Kier molecular flexibility index (Phi) is 18.6. The summed E-state index contributed by atoms with van der Waals surface area (Å²) < 4.78 is 90.9. The van der Waals surface area contributed by atoms with Crippen LogP contribution in [0.5, 0.6) is 11.5 Å². The Morgan fingerprint density at radius 3 is 2.26 bits per heavy atom. The molecule has 5 rings (SSSR count). The second-order valence-corrected chi connectivity index (χ2v) is 18.8. The first-order chi connectivity index (χ1) is 33.0. The molecule has 0 spiro atoms. The number of unbranched alkanes of at least 4 members (excludes halogenated alkanes) is 4. The van der Waals surface area contributed by atoms with Gasteiger partial charge < -0.3 is 35.4 Å². The second-order valence-electron chi connectivity index (χ2n) is 18.0. The standard InChI is InChI=1S/C50H56F6N6O7S/c1-30-43(70-29-60-30)33-15-12-31(13-16-33)26-59-46(66)39-24-37(63)27-62(39)47(67)44(48(2,3)4)61-42(64)11-9-7-6-8-10-20-58-45(65)35(25-57)21-32-14-19-40(41(22-32)68-5)69-28-34-17-18-36(49(51,52)53)23-38(34)50(54,55)56/h12-19,21-23,29,37,39,44,63H,6-11,20,24,26-28H2,1-5H3,(H,58,65)(H,59,66)(H,61,64). The Hall–Kier alpha value is -6.46. The van der Waals surface area contributed by atoms with Gasteiger partial charge in [0, 0.05) is 38.0 Å². The summed E-state index contributed by atoms with van der Waals surface area (Å²) in [5, 5.41) is 28.7. The number of thiazole rings is 1. The minimum absolute atomic E-state index is 0.0238. The van der Waals surface area contributed by atoms with Crippen LogP contribution < -0.4 is 25.4 Å². The molecule has 376 valence electrons. The molecule has 3 aromatic carbocycles. The molecule has 1 fully saturated rings. The number of hydrogen-bond acceptors (Lipinski definition) is 10. The van der Waals surface area contributed by atoms with Gasteiger partial charge in [-0.05, 0) is 72.2 Å². The fourth-order valence-electron chi connectivity index (χ4n) is 7.76. The predicted molar refractivity (Wildman–Crippen MR) is 250 cm³/mol. The molecule has 13 nitrogen and oxygen atoms in total. The third kappa shape index (κ3) is 15.0. The first-order valence-electron chi connectivity index (χ1n) is 22.5. The van der Waals surface area contributed by atoms with Crippen molar-refractivity contribution in [3.8, 4) is 28.0 Å². The molecule has 4 amide bonds. The molecule has 0 bridgehead atoms. The highest BCUT2D eigenvalue weighted by Crippen LogP contribution is 2.39. The Morgan fingerprint density at radius 2 is 1.63 bits per heavy atom. The van der Waals surface area contributed by atoms with Crippen molar-refractivity contribution in [2.45, 2.75) is 116 Å². The molecular formula is C50H56F6N6O7S. The Bertz CT molecular complexity index is 2550. The molecule has 0 aliphatic carbocycles. The van der Waals surface area contributed by atoms with Gasteiger partial charge in [-0.15, -0.1) is 11.3 Å². The molecule has 1 aromatic heterocycles. The number of methoxy groups -OCH3 is 1. The molecule has 1 aliphatic rings. The molecule has 4 N–H and O–H groups in total. The van der Waals surface area contributed by atoms with Crippen LogP contribution in [0.2, 0.25) is 0 Å². The topological polar surface area (TPSA) is 183 Å². The monoisotopic (exact) mass is 998 g/mol. The maximum Gasteiger partial charge on any atom is 0.416 e. The molecule has 0 radical (unpaired) electrons. The summed E-state index contributed by atoms with van der Waals surface area (Å²) in [6.45, 7) is 7.09. The molecule has 0 saturated carbocycles. The van der Waals surface area contributed by atoms with Gasteiger partial charge in [-0.3, -0.25) is 19.2 Å². The zero-order valence-corrected chi connectivity index (χ0v) is 40.2. The number of nitriles is 1. The van der Waals surface area contributed by atoms with Gasteiger partial charge in [0.25, 0.3) is 5.91 Å². The number of nitrogens with zero attached hydrogens (tertiary/aromatic N) is 3. The Morgan fingerprint density at radius 1 is 0.929 bits per heavy atom. The van der Waals surface area contributed by atoms with Gasteiger partial charge in [-0.1, -0.05) is 76.4 Å². The van der Waals surface area contributed by atoms with Crippen LogP contribution in [0.25, 0.3) is 16.5 Å². The van der Waals surface area contributed by atoms with Gasteiger partial charge in [0.05, 0.1) is 40.4 Å². The van der Waals surface area contributed by atoms with Crippen LogP contribution in [-0.2, 0) is 44.7 Å². The van der Waals surface area contributed by atoms with E-state index in [4.69, 9.17) is 9.47 Å². The molecule has 70 heavy (non-hydrogen) atoms. The number of aliphatic hydroxyl groups is 1. The van der Waals surface area contributed by atoms with Crippen LogP contribution in [0.15, 0.2) is 71.7 Å². The van der Waals surface area contributed by atoms with Crippen LogP contribution in [0.1, 0.15) is 99.2 Å². The smallest absolute Gasteiger partial charge is 0.416 e. The van der Waals surface area contributed by atoms with Crippen molar-refractivity contribution in [2.24, 2.45) is 5.41 Å². The van der Waals surface area contributed by atoms with E-state index in [0.717, 1.165) is 28.1 Å². The van der Waals surface area contributed by atoms with E-state index in [1.54, 1.807) is 16.8 Å². The average Bonchev–Trinajstić information content (AvgIpc) is 3.93. The van der Waals surface area contributed by atoms with E-state index >= 15 is 0 Å². The summed E-state index contributed by atoms with van der Waals surface area (Å²) in [6, 6.07) is 13.1. The van der Waals surface area contributed by atoms with Crippen molar-refractivity contribution in [2.75, 3.05) is 20.2 Å². The predicted octanol–water partition coefficient (Wildman–Crippen LogP) is 8.92. The number of β-amino-alcohol motifs (C(OH)–C–C–N with tert-alkyl or cyclic N) is 1. The number of hydrogen-bond donors (Lipinski definition) is 4. The summed E-state index contributed by atoms with van der Waals surface area (Å²) >= 11 is 1.55. The highest BCUT2D eigenvalue weighted by Gasteiger charge is 2.44. The Balaban J connectivity index is 1.03. The van der Waals surface area contributed by atoms with E-state index in [2.05, 4.69) is 20.9 Å². The van der Waals surface area contributed by atoms with Crippen molar-refractivity contribution in [1.29, 1.82) is 5.26 Å². The van der Waals surface area contributed by atoms with Crippen molar-refractivity contribution in [3.05, 3.63) is 105 Å². The van der Waals surface area contributed by atoms with Crippen LogP contribution >= 0.6 is 11.3 Å². The number of halogens is 6. The number of ether oxygens (including phenoxy) is 2. The zero-order chi connectivity index (χ0) is 51.4. The van der Waals surface area contributed by atoms with Crippen LogP contribution in [0.4, 0.5) is 26.3 Å². The number of benzene rings is 3. The number of aliphatic hydroxyl groups excluding tert-OH is 1. The summed E-state index contributed by atoms with van der Waals surface area (Å²) in [5.41, 5.74) is 0.499. The van der Waals surface area contributed by atoms with Gasteiger partial charge in [-0.2, -0.15) is 31.6 Å². The molecule has 1 aliphatic heterocycles. The average molecular weight is 999 g/mol. The van der Waals surface area contributed by atoms with Gasteiger partial charge in [0.1, 0.15) is 30.3 Å². The highest BCUT2D eigenvalue weighted by atomic mass is 32.1. The number of carbonyl (C=O) groups is 4. The van der Waals surface area contributed by atoms with Crippen molar-refractivity contribution in [3.63, 3.8) is 0 Å². The largest absolute Gasteiger partial charge is 0.493 e. The first kappa shape index (κ1) is 54.5. The maximum absolute atomic E-state index is 14.0. The van der Waals surface area contributed by atoms with E-state index in [1.807, 2.05) is 58.0 Å². The number of amides is 4. The fraction of sp³-hybridized carbons (Fsp3) is 0.440. The molecular weight excluding hydrogens is 943 g/mol. The molecule has 2 heterocycles. The summed E-state index contributed by atoms with van der Waals surface area (Å²) in [4.78, 5) is 60.1. The number of carbonyl (C=O) groups excluding carboxylic acids is 4. The minimum atomic E-state index is -5.08. The normalized spacial score (nSPS) is 15.8. The van der Waals surface area contributed by atoms with E-state index in [0.29, 0.717) is 43.4 Å². The number of aromatic nitrogens is 1. The van der Waals surface area contributed by atoms with Crippen molar-refractivity contribution < 1.29 is 60.1 Å². The van der Waals surface area contributed by atoms with Crippen molar-refractivity contribution >= 4 is 41.0 Å². The van der Waals surface area contributed by atoms with Crippen LogP contribution in [0, 0.1) is 23.7 Å². The van der Waals surface area contributed by atoms with E-state index < -0.39 is 77.0 Å². The molecule has 3 unspecified atom stereocenters. The second kappa shape index (κ2) is 23.9. The maximum atomic E-state index is 14.0. The van der Waals surface area contributed by atoms with E-state index in [-0.39, 0.29) is 61.5 Å². The quantitative estimate of drug-likeness (QED) is 0.0291. The van der Waals surface area contributed by atoms with Gasteiger partial charge >= 0.3 is 12.4 Å². The number of likely N-dealkylation sites (tertiary alicyclic amines) is 1. The Labute approximate surface area is 406 Å². The summed E-state index contributed by atoms with van der Waals surface area (Å²) in [7, 11) is 1.25. The first-order valence-corrected chi connectivity index (χ1v) is 23.4. The lowest BCUT2D eigenvalue weighted by Crippen LogP contribution is -2.57. The number of alkyl halides is 6. The van der Waals surface area contributed by atoms with Gasteiger partial charge in [0.2, 0.25) is 17.7 Å². The third-order valence-corrected chi connectivity index (χ3v) is 12.5. The van der Waals surface area contributed by atoms with Gasteiger partial charge in [-0.25, -0.2) is 4.98 Å². The van der Waals surface area contributed by atoms with E-state index in [9.17, 15) is 55.9 Å². The lowest BCUT2D eigenvalue weighted by Gasteiger charge is -2.35. The molecule has 1 saturated heterocycles. The molecule has 4 aromatic rings. The highest BCUT2D eigenvalue weighted by molar-refractivity contribution is 7.13. The minimum Gasteiger partial charge on any atom is -0.493 e. The number of nitrogens with one attached hydrogen (secondary N) is 3. The number of rotatable bonds is 20. The lowest BCUT2D eigenvalue weighted by atomic mass is 9.85. The SMILES string of the molecule is COc1cc(C=C(C#N)C(=O)NCCCCCCCC(=O)NC(C(=O)N2CC(O)CC2C(=O)NCc2ccc(-c3scnc3C)cc2)C(C)(C)C)ccc1OCc1ccc(C(F)(F)F)cc1C(F)(F)F. The van der Waals surface area contributed by atoms with Gasteiger partial charge in [0.15, 0.2) is 11.5 Å². The molecule has 20 heteroatoms.